The Morgan fingerprint density at radius 1 is 1.21 bits per heavy atom. The van der Waals surface area contributed by atoms with E-state index < -0.39 is 6.36 Å². The number of carbonyl (C=O) groups excluding carboxylic acids is 1. The molecule has 2 fully saturated rings. The predicted molar refractivity (Wildman–Crippen MR) is 98.0 cm³/mol. The minimum atomic E-state index is -4.74. The normalized spacial score (nSPS) is 21.6. The number of para-hydroxylation sites is 1. The maximum Gasteiger partial charge on any atom is 0.573 e. The molecule has 2 aliphatic rings. The zero-order chi connectivity index (χ0) is 20.0. The van der Waals surface area contributed by atoms with E-state index in [1.165, 1.54) is 12.1 Å². The van der Waals surface area contributed by atoms with Gasteiger partial charge in [0.25, 0.3) is 0 Å². The first kappa shape index (κ1) is 20.9. The Morgan fingerprint density at radius 3 is 2.64 bits per heavy atom. The summed E-state index contributed by atoms with van der Waals surface area (Å²) in [7, 11) is 0. The van der Waals surface area contributed by atoms with Crippen molar-refractivity contribution in [1.82, 2.24) is 10.2 Å². The minimum absolute atomic E-state index is 0.130. The Balaban J connectivity index is 1.39. The van der Waals surface area contributed by atoms with Crippen LogP contribution in [0.25, 0.3) is 0 Å². The van der Waals surface area contributed by atoms with E-state index in [0.29, 0.717) is 11.5 Å². The van der Waals surface area contributed by atoms with Crippen LogP contribution in [-0.2, 0) is 16.0 Å². The van der Waals surface area contributed by atoms with Crippen LogP contribution in [0.3, 0.4) is 0 Å². The van der Waals surface area contributed by atoms with Gasteiger partial charge in [-0.25, -0.2) is 0 Å². The number of amides is 1. The molecule has 0 bridgehead atoms. The summed E-state index contributed by atoms with van der Waals surface area (Å²) in [6.07, 6.45) is -1.48. The van der Waals surface area contributed by atoms with E-state index in [4.69, 9.17) is 4.74 Å². The molecule has 2 heterocycles. The van der Waals surface area contributed by atoms with Crippen LogP contribution in [0, 0.1) is 5.92 Å². The fourth-order valence-electron chi connectivity index (χ4n) is 3.84. The number of ether oxygens (including phenoxy) is 2. The minimum Gasteiger partial charge on any atom is -0.406 e. The van der Waals surface area contributed by atoms with Gasteiger partial charge in [-0.05, 0) is 43.2 Å². The van der Waals surface area contributed by atoms with Gasteiger partial charge in [0.05, 0.1) is 6.61 Å². The third kappa shape index (κ3) is 6.67. The first-order chi connectivity index (χ1) is 13.4. The van der Waals surface area contributed by atoms with Gasteiger partial charge in [0.15, 0.2) is 0 Å². The highest BCUT2D eigenvalue weighted by atomic mass is 19.4. The van der Waals surface area contributed by atoms with Gasteiger partial charge in [0, 0.05) is 38.7 Å². The van der Waals surface area contributed by atoms with Crippen molar-refractivity contribution < 1.29 is 27.4 Å². The Hall–Kier alpha value is -1.80. The number of carbonyl (C=O) groups is 1. The molecule has 1 atom stereocenters. The molecule has 8 heteroatoms. The Morgan fingerprint density at radius 2 is 1.96 bits per heavy atom. The second-order valence-electron chi connectivity index (χ2n) is 7.53. The summed E-state index contributed by atoms with van der Waals surface area (Å²) >= 11 is 0. The first-order valence-corrected chi connectivity index (χ1v) is 9.82. The van der Waals surface area contributed by atoms with Crippen LogP contribution in [0.2, 0.25) is 0 Å². The Kier molecular flexibility index (Phi) is 7.18. The lowest BCUT2D eigenvalue weighted by Crippen LogP contribution is -2.45. The van der Waals surface area contributed by atoms with Crippen LogP contribution in [-0.4, -0.2) is 56.1 Å². The molecule has 0 aromatic heterocycles. The number of piperidine rings is 1. The monoisotopic (exact) mass is 400 g/mol. The molecular weight excluding hydrogens is 373 g/mol. The van der Waals surface area contributed by atoms with Gasteiger partial charge < -0.3 is 19.7 Å². The molecule has 1 unspecified atom stereocenters. The Labute approximate surface area is 163 Å². The highest BCUT2D eigenvalue weighted by Gasteiger charge is 2.32. The molecule has 5 nitrogen and oxygen atoms in total. The maximum atomic E-state index is 12.5. The number of benzene rings is 1. The van der Waals surface area contributed by atoms with E-state index >= 15 is 0 Å². The smallest absolute Gasteiger partial charge is 0.406 e. The molecule has 0 spiro atoms. The molecule has 28 heavy (non-hydrogen) atoms. The van der Waals surface area contributed by atoms with Gasteiger partial charge >= 0.3 is 6.36 Å². The second kappa shape index (κ2) is 9.60. The van der Waals surface area contributed by atoms with Crippen LogP contribution in [0.5, 0.6) is 5.75 Å². The summed E-state index contributed by atoms with van der Waals surface area (Å²) in [5.41, 5.74) is 0.378. The van der Waals surface area contributed by atoms with E-state index in [-0.39, 0.29) is 30.5 Å². The lowest BCUT2D eigenvalue weighted by atomic mass is 10.0. The molecule has 1 aromatic rings. The Bertz CT molecular complexity index is 640. The van der Waals surface area contributed by atoms with Crippen molar-refractivity contribution in [1.29, 1.82) is 0 Å². The lowest BCUT2D eigenvalue weighted by molar-refractivity contribution is -0.274. The first-order valence-electron chi connectivity index (χ1n) is 9.82. The number of alkyl halides is 3. The number of hydrogen-bond donors (Lipinski definition) is 1. The van der Waals surface area contributed by atoms with E-state index in [1.807, 2.05) is 0 Å². The molecule has 3 rings (SSSR count). The van der Waals surface area contributed by atoms with Crippen LogP contribution >= 0.6 is 0 Å². The number of hydrogen-bond acceptors (Lipinski definition) is 4. The second-order valence-corrected chi connectivity index (χ2v) is 7.53. The maximum absolute atomic E-state index is 12.5. The van der Waals surface area contributed by atoms with Crippen LogP contribution in [0.15, 0.2) is 24.3 Å². The van der Waals surface area contributed by atoms with Gasteiger partial charge in [0.2, 0.25) is 5.91 Å². The van der Waals surface area contributed by atoms with E-state index in [0.717, 1.165) is 52.1 Å². The largest absolute Gasteiger partial charge is 0.573 e. The third-order valence-corrected chi connectivity index (χ3v) is 5.31. The van der Waals surface area contributed by atoms with Crippen LogP contribution < -0.4 is 10.1 Å². The standard InChI is InChI=1S/C20H27F3N2O3/c21-20(22,23)28-18-4-2-1-3-16(18)5-6-19(26)24-17-7-10-25(11-8-17)13-15-9-12-27-14-15/h1-4,15,17H,5-14H2,(H,24,26). The van der Waals surface area contributed by atoms with Crippen molar-refractivity contribution in [3.8, 4) is 5.75 Å². The molecule has 2 saturated heterocycles. The highest BCUT2D eigenvalue weighted by molar-refractivity contribution is 5.76. The fraction of sp³-hybridized carbons (Fsp3) is 0.650. The van der Waals surface area contributed by atoms with Crippen molar-refractivity contribution >= 4 is 5.91 Å². The average molecular weight is 400 g/mol. The van der Waals surface area contributed by atoms with E-state index in [9.17, 15) is 18.0 Å². The topological polar surface area (TPSA) is 50.8 Å². The van der Waals surface area contributed by atoms with Crippen molar-refractivity contribution in [3.63, 3.8) is 0 Å². The van der Waals surface area contributed by atoms with Gasteiger partial charge in [-0.3, -0.25) is 4.79 Å². The molecule has 156 valence electrons. The molecule has 1 aromatic carbocycles. The number of nitrogens with one attached hydrogen (secondary N) is 1. The van der Waals surface area contributed by atoms with Gasteiger partial charge in [-0.1, -0.05) is 18.2 Å². The number of halogens is 3. The number of nitrogens with zero attached hydrogens (tertiary/aromatic N) is 1. The number of rotatable bonds is 7. The molecule has 0 radical (unpaired) electrons. The van der Waals surface area contributed by atoms with Crippen molar-refractivity contribution in [3.05, 3.63) is 29.8 Å². The molecular formula is C20H27F3N2O3. The highest BCUT2D eigenvalue weighted by Crippen LogP contribution is 2.27. The summed E-state index contributed by atoms with van der Waals surface area (Å²) in [4.78, 5) is 14.7. The third-order valence-electron chi connectivity index (χ3n) is 5.31. The SMILES string of the molecule is O=C(CCc1ccccc1OC(F)(F)F)NC1CCN(CC2CCOC2)CC1. The summed E-state index contributed by atoms with van der Waals surface area (Å²) in [6, 6.07) is 6.08. The van der Waals surface area contributed by atoms with E-state index in [2.05, 4.69) is 15.0 Å². The molecule has 0 saturated carbocycles. The van der Waals surface area contributed by atoms with Crippen molar-refractivity contribution in [2.24, 2.45) is 5.92 Å². The summed E-state index contributed by atoms with van der Waals surface area (Å²) < 4.78 is 46.9. The molecule has 0 aliphatic carbocycles. The lowest BCUT2D eigenvalue weighted by Gasteiger charge is -2.33. The van der Waals surface area contributed by atoms with Crippen LogP contribution in [0.1, 0.15) is 31.2 Å². The van der Waals surface area contributed by atoms with E-state index in [1.54, 1.807) is 12.1 Å². The van der Waals surface area contributed by atoms with Gasteiger partial charge in [-0.2, -0.15) is 0 Å². The zero-order valence-corrected chi connectivity index (χ0v) is 15.8. The number of aryl methyl sites for hydroxylation is 1. The number of likely N-dealkylation sites (tertiary alicyclic amines) is 1. The van der Waals surface area contributed by atoms with Gasteiger partial charge in [0.1, 0.15) is 5.75 Å². The van der Waals surface area contributed by atoms with Crippen LogP contribution in [0.4, 0.5) is 13.2 Å². The quantitative estimate of drug-likeness (QED) is 0.764. The van der Waals surface area contributed by atoms with Crippen molar-refractivity contribution in [2.45, 2.75) is 44.5 Å². The summed E-state index contributed by atoms with van der Waals surface area (Å²) in [5.74, 6) is 0.238. The summed E-state index contributed by atoms with van der Waals surface area (Å²) in [6.45, 7) is 4.65. The summed E-state index contributed by atoms with van der Waals surface area (Å²) in [5, 5.41) is 3.02. The molecule has 1 N–H and O–H groups in total. The van der Waals surface area contributed by atoms with Gasteiger partial charge in [-0.15, -0.1) is 13.2 Å². The molecule has 2 aliphatic heterocycles. The average Bonchev–Trinajstić information content (AvgIpc) is 3.14. The zero-order valence-electron chi connectivity index (χ0n) is 15.8. The van der Waals surface area contributed by atoms with Crippen molar-refractivity contribution in [2.75, 3.05) is 32.8 Å². The fourth-order valence-corrected chi connectivity index (χ4v) is 3.84. The molecule has 1 amide bonds. The predicted octanol–water partition coefficient (Wildman–Crippen LogP) is 3.13.